The van der Waals surface area contributed by atoms with Crippen molar-refractivity contribution in [3.8, 4) is 0 Å². The molecule has 3 atom stereocenters. The Morgan fingerprint density at radius 1 is 1.38 bits per heavy atom. The number of aromatic nitrogens is 2. The zero-order valence-electron chi connectivity index (χ0n) is 12.9. The molecule has 2 amide bonds. The van der Waals surface area contributed by atoms with Crippen LogP contribution in [0.1, 0.15) is 57.3 Å². The number of ether oxygens (including phenoxy) is 1. The lowest BCUT2D eigenvalue weighted by atomic mass is 10.1. The second kappa shape index (κ2) is 7.40. The van der Waals surface area contributed by atoms with Gasteiger partial charge in [0.2, 0.25) is 5.89 Å². The first kappa shape index (κ1) is 15.8. The number of amides is 2. The second-order valence-electron chi connectivity index (χ2n) is 5.32. The first-order chi connectivity index (χ1) is 10.1. The van der Waals surface area contributed by atoms with Gasteiger partial charge in [0.05, 0.1) is 18.2 Å². The molecule has 0 unspecified atom stereocenters. The fourth-order valence-corrected chi connectivity index (χ4v) is 2.55. The molecule has 2 N–H and O–H groups in total. The van der Waals surface area contributed by atoms with Crippen LogP contribution in [0.5, 0.6) is 0 Å². The number of aryl methyl sites for hydroxylation is 1. The normalized spacial score (nSPS) is 21.0. The lowest BCUT2D eigenvalue weighted by molar-refractivity contribution is 0.0794. The molecule has 118 valence electrons. The van der Waals surface area contributed by atoms with Gasteiger partial charge in [-0.15, -0.1) is 0 Å². The van der Waals surface area contributed by atoms with Gasteiger partial charge in [0.15, 0.2) is 5.82 Å². The Balaban J connectivity index is 1.89. The fraction of sp³-hybridized carbons (Fsp3) is 0.786. The standard InChI is InChI=1S/C14H24N4O3/c1-4-10(12-7-6-8-20-12)16-14(19)17-11(5-2)13-15-9(3)21-18-13/h10-12H,4-8H2,1-3H3,(H2,16,17,19)/t10-,11+,12+/m1/s1. The Hall–Kier alpha value is -1.63. The van der Waals surface area contributed by atoms with Crippen molar-refractivity contribution >= 4 is 6.03 Å². The summed E-state index contributed by atoms with van der Waals surface area (Å²) in [6, 6.07) is -0.423. The van der Waals surface area contributed by atoms with E-state index in [1.54, 1.807) is 6.92 Å². The van der Waals surface area contributed by atoms with Gasteiger partial charge in [-0.1, -0.05) is 19.0 Å². The maximum atomic E-state index is 12.2. The van der Waals surface area contributed by atoms with Gasteiger partial charge in [0.25, 0.3) is 0 Å². The summed E-state index contributed by atoms with van der Waals surface area (Å²) in [5.74, 6) is 1.01. The van der Waals surface area contributed by atoms with Crippen LogP contribution >= 0.6 is 0 Å². The molecule has 2 rings (SSSR count). The van der Waals surface area contributed by atoms with Crippen LogP contribution in [0, 0.1) is 6.92 Å². The topological polar surface area (TPSA) is 89.3 Å². The molecule has 0 aromatic carbocycles. The van der Waals surface area contributed by atoms with Crippen molar-refractivity contribution < 1.29 is 14.1 Å². The van der Waals surface area contributed by atoms with Gasteiger partial charge in [0.1, 0.15) is 0 Å². The Morgan fingerprint density at radius 2 is 2.19 bits per heavy atom. The summed E-state index contributed by atoms with van der Waals surface area (Å²) in [5, 5.41) is 9.75. The summed E-state index contributed by atoms with van der Waals surface area (Å²) in [4.78, 5) is 16.3. The molecule has 0 radical (unpaired) electrons. The molecule has 1 aromatic heterocycles. The van der Waals surface area contributed by atoms with Crippen LogP contribution in [0.2, 0.25) is 0 Å². The molecule has 2 heterocycles. The van der Waals surface area contributed by atoms with Crippen LogP contribution in [-0.2, 0) is 4.74 Å². The summed E-state index contributed by atoms with van der Waals surface area (Å²) in [7, 11) is 0. The number of urea groups is 1. The van der Waals surface area contributed by atoms with E-state index in [1.165, 1.54) is 0 Å². The minimum Gasteiger partial charge on any atom is -0.376 e. The lowest BCUT2D eigenvalue weighted by Gasteiger charge is -2.24. The minimum atomic E-state index is -0.246. The number of rotatable bonds is 6. The second-order valence-corrected chi connectivity index (χ2v) is 5.32. The van der Waals surface area contributed by atoms with Gasteiger partial charge >= 0.3 is 6.03 Å². The van der Waals surface area contributed by atoms with Crippen LogP contribution in [0.25, 0.3) is 0 Å². The third kappa shape index (κ3) is 4.17. The number of carbonyl (C=O) groups excluding carboxylic acids is 1. The first-order valence-electron chi connectivity index (χ1n) is 7.62. The molecule has 1 aromatic rings. The van der Waals surface area contributed by atoms with Crippen molar-refractivity contribution in [1.82, 2.24) is 20.8 Å². The van der Waals surface area contributed by atoms with Crippen LogP contribution < -0.4 is 10.6 Å². The monoisotopic (exact) mass is 296 g/mol. The van der Waals surface area contributed by atoms with E-state index >= 15 is 0 Å². The highest BCUT2D eigenvalue weighted by Gasteiger charge is 2.27. The molecule has 0 bridgehead atoms. The molecule has 1 aliphatic rings. The van der Waals surface area contributed by atoms with Crippen LogP contribution in [0.4, 0.5) is 4.79 Å². The fourth-order valence-electron chi connectivity index (χ4n) is 2.55. The van der Waals surface area contributed by atoms with Gasteiger partial charge in [-0.2, -0.15) is 4.98 Å². The third-order valence-electron chi connectivity index (χ3n) is 3.74. The Kier molecular flexibility index (Phi) is 5.55. The molecule has 0 spiro atoms. The van der Waals surface area contributed by atoms with Crippen molar-refractivity contribution in [3.63, 3.8) is 0 Å². The Labute approximate surface area is 124 Å². The van der Waals surface area contributed by atoms with E-state index in [-0.39, 0.29) is 24.2 Å². The number of carbonyl (C=O) groups is 1. The van der Waals surface area contributed by atoms with E-state index < -0.39 is 0 Å². The highest BCUT2D eigenvalue weighted by Crippen LogP contribution is 2.18. The zero-order chi connectivity index (χ0) is 15.2. The van der Waals surface area contributed by atoms with Crippen molar-refractivity contribution in [2.75, 3.05) is 6.61 Å². The molecule has 1 aliphatic heterocycles. The number of hydrogen-bond acceptors (Lipinski definition) is 5. The molecule has 21 heavy (non-hydrogen) atoms. The molecular formula is C14H24N4O3. The molecule has 7 nitrogen and oxygen atoms in total. The zero-order valence-corrected chi connectivity index (χ0v) is 12.9. The van der Waals surface area contributed by atoms with E-state index in [4.69, 9.17) is 9.26 Å². The van der Waals surface area contributed by atoms with Gasteiger partial charge in [-0.25, -0.2) is 4.79 Å². The lowest BCUT2D eigenvalue weighted by Crippen LogP contribution is -2.48. The predicted molar refractivity (Wildman–Crippen MR) is 76.8 cm³/mol. The van der Waals surface area contributed by atoms with Crippen molar-refractivity contribution in [3.05, 3.63) is 11.7 Å². The third-order valence-corrected chi connectivity index (χ3v) is 3.74. The number of hydrogen-bond donors (Lipinski definition) is 2. The summed E-state index contributed by atoms with van der Waals surface area (Å²) in [6.07, 6.45) is 3.72. The van der Waals surface area contributed by atoms with Crippen LogP contribution in [-0.4, -0.2) is 34.9 Å². The van der Waals surface area contributed by atoms with E-state index in [2.05, 4.69) is 20.8 Å². The van der Waals surface area contributed by atoms with Gasteiger partial charge in [-0.05, 0) is 25.7 Å². The van der Waals surface area contributed by atoms with Crippen molar-refractivity contribution in [2.24, 2.45) is 0 Å². The Bertz CT molecular complexity index is 457. The van der Waals surface area contributed by atoms with Crippen molar-refractivity contribution in [1.29, 1.82) is 0 Å². The SMILES string of the molecule is CC[C@H](NC(=O)N[C@H](CC)[C@@H]1CCCO1)c1noc(C)n1. The number of nitrogens with zero attached hydrogens (tertiary/aromatic N) is 2. The molecule has 1 fully saturated rings. The minimum absolute atomic E-state index is 0.0389. The quantitative estimate of drug-likeness (QED) is 0.839. The van der Waals surface area contributed by atoms with E-state index in [1.807, 2.05) is 13.8 Å². The summed E-state index contributed by atoms with van der Waals surface area (Å²) >= 11 is 0. The van der Waals surface area contributed by atoms with Crippen molar-refractivity contribution in [2.45, 2.75) is 64.6 Å². The highest BCUT2D eigenvalue weighted by atomic mass is 16.5. The van der Waals surface area contributed by atoms with E-state index in [0.29, 0.717) is 18.1 Å². The van der Waals surface area contributed by atoms with Gasteiger partial charge in [-0.3, -0.25) is 0 Å². The average molecular weight is 296 g/mol. The maximum Gasteiger partial charge on any atom is 0.315 e. The summed E-state index contributed by atoms with van der Waals surface area (Å²) in [5.41, 5.74) is 0. The average Bonchev–Trinajstić information content (AvgIpc) is 3.13. The van der Waals surface area contributed by atoms with E-state index in [9.17, 15) is 4.79 Å². The molecule has 1 saturated heterocycles. The summed E-state index contributed by atoms with van der Waals surface area (Å²) in [6.45, 7) is 6.53. The maximum absolute atomic E-state index is 12.2. The highest BCUT2D eigenvalue weighted by molar-refractivity contribution is 5.74. The summed E-state index contributed by atoms with van der Waals surface area (Å²) < 4.78 is 10.6. The van der Waals surface area contributed by atoms with Crippen LogP contribution in [0.15, 0.2) is 4.52 Å². The molecule has 0 aliphatic carbocycles. The van der Waals surface area contributed by atoms with E-state index in [0.717, 1.165) is 25.9 Å². The van der Waals surface area contributed by atoms with Crippen LogP contribution in [0.3, 0.4) is 0 Å². The molecule has 7 heteroatoms. The largest absolute Gasteiger partial charge is 0.376 e. The predicted octanol–water partition coefficient (Wildman–Crippen LogP) is 2.09. The Morgan fingerprint density at radius 3 is 2.71 bits per heavy atom. The molecule has 0 saturated carbocycles. The molecular weight excluding hydrogens is 272 g/mol. The number of nitrogens with one attached hydrogen (secondary N) is 2. The smallest absolute Gasteiger partial charge is 0.315 e. The van der Waals surface area contributed by atoms with Gasteiger partial charge < -0.3 is 19.9 Å². The van der Waals surface area contributed by atoms with Gasteiger partial charge in [0, 0.05) is 13.5 Å². The first-order valence-corrected chi connectivity index (χ1v) is 7.62.